The molecule has 1 aromatic heterocycles. The highest BCUT2D eigenvalue weighted by Crippen LogP contribution is 2.30. The Bertz CT molecular complexity index is 756. The number of nitrogens with one attached hydrogen (secondary N) is 2. The van der Waals surface area contributed by atoms with E-state index in [1.54, 1.807) is 0 Å². The van der Waals surface area contributed by atoms with Gasteiger partial charge in [-0.15, -0.1) is 0 Å². The minimum Gasteiger partial charge on any atom is -0.370 e. The Morgan fingerprint density at radius 2 is 1.89 bits per heavy atom. The fraction of sp³-hybridized carbons (Fsp3) is 0.471. The van der Waals surface area contributed by atoms with Crippen LogP contribution in [0.3, 0.4) is 0 Å². The lowest BCUT2D eigenvalue weighted by Gasteiger charge is -2.23. The highest BCUT2D eigenvalue weighted by atomic mass is 19.4. The highest BCUT2D eigenvalue weighted by molar-refractivity contribution is 5.89. The van der Waals surface area contributed by atoms with Gasteiger partial charge in [-0.25, -0.2) is 0 Å². The maximum atomic E-state index is 12.6. The van der Waals surface area contributed by atoms with Gasteiger partial charge in [0.1, 0.15) is 13.1 Å². The summed E-state index contributed by atoms with van der Waals surface area (Å²) in [5.74, 6) is -0.659. The Labute approximate surface area is 153 Å². The van der Waals surface area contributed by atoms with Gasteiger partial charge in [-0.3, -0.25) is 4.79 Å². The number of halogens is 3. The molecule has 2 heterocycles. The number of aromatic nitrogens is 2. The van der Waals surface area contributed by atoms with Crippen molar-refractivity contribution >= 4 is 5.91 Å². The topological polar surface area (TPSA) is 81.7 Å². The molecule has 1 saturated heterocycles. The van der Waals surface area contributed by atoms with Crippen LogP contribution < -0.4 is 10.2 Å². The molecule has 0 bridgehead atoms. The van der Waals surface area contributed by atoms with Gasteiger partial charge in [0.05, 0.1) is 25.3 Å². The van der Waals surface area contributed by atoms with Crippen LogP contribution in [0.2, 0.25) is 0 Å². The molecule has 10 heteroatoms. The number of rotatable bonds is 6. The van der Waals surface area contributed by atoms with Crippen molar-refractivity contribution < 1.29 is 32.1 Å². The Morgan fingerprint density at radius 3 is 2.56 bits per heavy atom. The molecule has 1 aliphatic rings. The van der Waals surface area contributed by atoms with E-state index in [1.807, 2.05) is 0 Å². The molecule has 7 nitrogen and oxygen atoms in total. The van der Waals surface area contributed by atoms with Gasteiger partial charge in [0, 0.05) is 18.5 Å². The molecule has 146 valence electrons. The number of benzene rings is 1. The number of morpholine rings is 1. The summed E-state index contributed by atoms with van der Waals surface area (Å²) in [4.78, 5) is 17.4. The molecule has 1 aromatic carbocycles. The van der Waals surface area contributed by atoms with Gasteiger partial charge in [0.25, 0.3) is 0 Å². The third kappa shape index (κ3) is 5.27. The minimum absolute atomic E-state index is 0.0617. The van der Waals surface area contributed by atoms with E-state index < -0.39 is 17.6 Å². The lowest BCUT2D eigenvalue weighted by Crippen LogP contribution is -3.14. The molecular formula is C17H20F3N4O3+. The van der Waals surface area contributed by atoms with E-state index in [1.165, 1.54) is 17.0 Å². The first kappa shape index (κ1) is 19.3. The molecule has 1 fully saturated rings. The second-order valence-corrected chi connectivity index (χ2v) is 6.22. The van der Waals surface area contributed by atoms with E-state index in [0.29, 0.717) is 12.1 Å². The molecule has 1 amide bonds. The predicted molar refractivity (Wildman–Crippen MR) is 88.1 cm³/mol. The average Bonchev–Trinajstić information content (AvgIpc) is 3.16. The van der Waals surface area contributed by atoms with Crippen molar-refractivity contribution in [3.63, 3.8) is 0 Å². The van der Waals surface area contributed by atoms with Crippen molar-refractivity contribution in [3.05, 3.63) is 35.7 Å². The van der Waals surface area contributed by atoms with Crippen LogP contribution in [0, 0.1) is 0 Å². The first-order chi connectivity index (χ1) is 12.9. The quantitative estimate of drug-likeness (QED) is 0.719. The number of hydrogen-bond acceptors (Lipinski definition) is 5. The molecule has 1 aliphatic heterocycles. The first-order valence-corrected chi connectivity index (χ1v) is 8.64. The van der Waals surface area contributed by atoms with Crippen LogP contribution in [0.1, 0.15) is 22.7 Å². The second-order valence-electron chi connectivity index (χ2n) is 6.22. The summed E-state index contributed by atoms with van der Waals surface area (Å²) in [6, 6.07) is 4.33. The van der Waals surface area contributed by atoms with Gasteiger partial charge in [-0.05, 0) is 12.1 Å². The summed E-state index contributed by atoms with van der Waals surface area (Å²) in [5.41, 5.74) is -0.433. The van der Waals surface area contributed by atoms with Crippen molar-refractivity contribution in [1.82, 2.24) is 15.5 Å². The zero-order valence-corrected chi connectivity index (χ0v) is 14.5. The minimum atomic E-state index is -4.41. The SMILES string of the molecule is O=C(NCCC[NH+]1CCOCC1)c1nc(-c2ccc(C(F)(F)F)cc2)no1. The third-order valence-electron chi connectivity index (χ3n) is 4.28. The zero-order chi connectivity index (χ0) is 19.3. The summed E-state index contributed by atoms with van der Waals surface area (Å²) in [6.07, 6.45) is -3.61. The number of nitrogens with zero attached hydrogens (tertiary/aromatic N) is 2. The van der Waals surface area contributed by atoms with Crippen molar-refractivity contribution in [2.24, 2.45) is 0 Å². The lowest BCUT2D eigenvalue weighted by molar-refractivity contribution is -0.908. The summed E-state index contributed by atoms with van der Waals surface area (Å²) >= 11 is 0. The fourth-order valence-corrected chi connectivity index (χ4v) is 2.77. The highest BCUT2D eigenvalue weighted by Gasteiger charge is 2.30. The van der Waals surface area contributed by atoms with Gasteiger partial charge in [0.2, 0.25) is 5.82 Å². The number of carbonyl (C=O) groups is 1. The molecule has 0 saturated carbocycles. The van der Waals surface area contributed by atoms with Gasteiger partial charge >= 0.3 is 18.0 Å². The first-order valence-electron chi connectivity index (χ1n) is 8.64. The van der Waals surface area contributed by atoms with Crippen LogP contribution >= 0.6 is 0 Å². The Balaban J connectivity index is 1.50. The molecule has 0 spiro atoms. The largest absolute Gasteiger partial charge is 0.416 e. The van der Waals surface area contributed by atoms with E-state index in [2.05, 4.69) is 15.5 Å². The molecule has 27 heavy (non-hydrogen) atoms. The summed E-state index contributed by atoms with van der Waals surface area (Å²) in [5, 5.41) is 6.36. The van der Waals surface area contributed by atoms with Crippen molar-refractivity contribution in [2.75, 3.05) is 39.4 Å². The van der Waals surface area contributed by atoms with E-state index in [9.17, 15) is 18.0 Å². The predicted octanol–water partition coefficient (Wildman–Crippen LogP) is 0.790. The van der Waals surface area contributed by atoms with Gasteiger partial charge in [-0.1, -0.05) is 17.3 Å². The lowest BCUT2D eigenvalue weighted by atomic mass is 10.1. The fourth-order valence-electron chi connectivity index (χ4n) is 2.77. The number of amides is 1. The van der Waals surface area contributed by atoms with Crippen molar-refractivity contribution in [1.29, 1.82) is 0 Å². The number of hydrogen-bond donors (Lipinski definition) is 2. The van der Waals surface area contributed by atoms with Crippen LogP contribution in [-0.4, -0.2) is 55.4 Å². The number of ether oxygens (including phenoxy) is 1. The molecule has 0 unspecified atom stereocenters. The van der Waals surface area contributed by atoms with Crippen LogP contribution in [-0.2, 0) is 10.9 Å². The molecule has 2 N–H and O–H groups in total. The normalized spacial score (nSPS) is 15.7. The van der Waals surface area contributed by atoms with E-state index in [4.69, 9.17) is 9.26 Å². The second kappa shape index (κ2) is 8.49. The van der Waals surface area contributed by atoms with Gasteiger partial charge < -0.3 is 19.5 Å². The number of carbonyl (C=O) groups excluding carboxylic acids is 1. The van der Waals surface area contributed by atoms with Crippen LogP contribution in [0.5, 0.6) is 0 Å². The monoisotopic (exact) mass is 385 g/mol. The summed E-state index contributed by atoms with van der Waals surface area (Å²) in [6.45, 7) is 4.86. The Morgan fingerprint density at radius 1 is 1.19 bits per heavy atom. The van der Waals surface area contributed by atoms with Crippen LogP contribution in [0.15, 0.2) is 28.8 Å². The smallest absolute Gasteiger partial charge is 0.370 e. The average molecular weight is 385 g/mol. The maximum Gasteiger partial charge on any atom is 0.416 e. The van der Waals surface area contributed by atoms with Crippen molar-refractivity contribution in [3.8, 4) is 11.4 Å². The molecular weight excluding hydrogens is 365 g/mol. The molecule has 0 atom stereocenters. The third-order valence-corrected chi connectivity index (χ3v) is 4.28. The summed E-state index contributed by atoms with van der Waals surface area (Å²) in [7, 11) is 0. The zero-order valence-electron chi connectivity index (χ0n) is 14.5. The molecule has 0 radical (unpaired) electrons. The Kier molecular flexibility index (Phi) is 6.07. The standard InChI is InChI=1S/C17H19F3N4O3/c18-17(19,20)13-4-2-12(3-5-13)14-22-16(27-23-14)15(25)21-6-1-7-24-8-10-26-11-9-24/h2-5H,1,6-11H2,(H,21,25)/p+1. The molecule has 2 aromatic rings. The Hall–Kier alpha value is -2.46. The number of quaternary nitrogens is 1. The summed E-state index contributed by atoms with van der Waals surface area (Å²) < 4.78 is 48.0. The molecule has 0 aliphatic carbocycles. The van der Waals surface area contributed by atoms with Crippen LogP contribution in [0.25, 0.3) is 11.4 Å². The van der Waals surface area contributed by atoms with Gasteiger partial charge in [0.15, 0.2) is 0 Å². The van der Waals surface area contributed by atoms with Crippen LogP contribution in [0.4, 0.5) is 13.2 Å². The molecule has 3 rings (SSSR count). The number of alkyl halides is 3. The maximum absolute atomic E-state index is 12.6. The van der Waals surface area contributed by atoms with E-state index in [0.717, 1.165) is 51.4 Å². The van der Waals surface area contributed by atoms with Crippen molar-refractivity contribution in [2.45, 2.75) is 12.6 Å². The van der Waals surface area contributed by atoms with E-state index >= 15 is 0 Å². The van der Waals surface area contributed by atoms with E-state index in [-0.39, 0.29) is 11.7 Å². The van der Waals surface area contributed by atoms with Gasteiger partial charge in [-0.2, -0.15) is 18.2 Å².